The molecule has 0 aliphatic rings. The number of aromatic amines is 1. The van der Waals surface area contributed by atoms with Crippen LogP contribution < -0.4 is 5.32 Å². The van der Waals surface area contributed by atoms with Crippen molar-refractivity contribution in [3.05, 3.63) is 70.9 Å². The van der Waals surface area contributed by atoms with Crippen molar-refractivity contribution < 1.29 is 9.18 Å². The number of amides is 1. The third-order valence-electron chi connectivity index (χ3n) is 4.24. The van der Waals surface area contributed by atoms with Crippen molar-refractivity contribution in [1.29, 1.82) is 0 Å². The summed E-state index contributed by atoms with van der Waals surface area (Å²) >= 11 is 1.48. The molecule has 7 heteroatoms. The SMILES string of the molecule is Cc1sc(-n2cccc2)nc1C(=O)NCCc1c[nH]c2ccc(F)cc12. The number of carbonyl (C=O) groups is 1. The van der Waals surface area contributed by atoms with Gasteiger partial charge in [-0.3, -0.25) is 4.79 Å². The third-order valence-corrected chi connectivity index (χ3v) is 5.22. The highest BCUT2D eigenvalue weighted by atomic mass is 32.1. The van der Waals surface area contributed by atoms with Crippen LogP contribution in [-0.2, 0) is 6.42 Å². The largest absolute Gasteiger partial charge is 0.361 e. The molecular weight excluding hydrogens is 351 g/mol. The second-order valence-electron chi connectivity index (χ2n) is 6.00. The van der Waals surface area contributed by atoms with Crippen LogP contribution in [0.5, 0.6) is 0 Å². The number of carbonyl (C=O) groups excluding carboxylic acids is 1. The van der Waals surface area contributed by atoms with E-state index >= 15 is 0 Å². The Hall–Kier alpha value is -2.93. The fourth-order valence-corrected chi connectivity index (χ4v) is 3.79. The standard InChI is InChI=1S/C19H17FN4OS/c1-12-17(23-19(26-12)24-8-2-3-9-24)18(25)21-7-6-13-11-22-16-5-4-14(20)10-15(13)16/h2-5,8-11,22H,6-7H2,1H3,(H,21,25). The van der Waals surface area contributed by atoms with E-state index in [0.717, 1.165) is 26.5 Å². The first-order chi connectivity index (χ1) is 12.6. The summed E-state index contributed by atoms with van der Waals surface area (Å²) in [6, 6.07) is 8.49. The first kappa shape index (κ1) is 16.5. The Morgan fingerprint density at radius 2 is 2.15 bits per heavy atom. The van der Waals surface area contributed by atoms with Crippen molar-refractivity contribution in [2.75, 3.05) is 6.54 Å². The Morgan fingerprint density at radius 3 is 2.96 bits per heavy atom. The zero-order valence-corrected chi connectivity index (χ0v) is 14.9. The number of aryl methyl sites for hydroxylation is 1. The number of benzene rings is 1. The summed E-state index contributed by atoms with van der Waals surface area (Å²) < 4.78 is 15.3. The van der Waals surface area contributed by atoms with Gasteiger partial charge >= 0.3 is 0 Å². The summed E-state index contributed by atoms with van der Waals surface area (Å²) in [6.07, 6.45) is 6.27. The molecule has 0 atom stereocenters. The van der Waals surface area contributed by atoms with Crippen LogP contribution in [-0.4, -0.2) is 27.0 Å². The number of halogens is 1. The molecule has 4 aromatic rings. The lowest BCUT2D eigenvalue weighted by molar-refractivity contribution is 0.0949. The number of aromatic nitrogens is 3. The van der Waals surface area contributed by atoms with Crippen LogP contribution in [0.4, 0.5) is 4.39 Å². The van der Waals surface area contributed by atoms with E-state index < -0.39 is 0 Å². The Kier molecular flexibility index (Phi) is 4.30. The average Bonchev–Trinajstić information content (AvgIpc) is 3.34. The Bertz CT molecular complexity index is 1060. The van der Waals surface area contributed by atoms with Crippen molar-refractivity contribution >= 4 is 28.1 Å². The monoisotopic (exact) mass is 368 g/mol. The van der Waals surface area contributed by atoms with Crippen LogP contribution in [0.3, 0.4) is 0 Å². The van der Waals surface area contributed by atoms with Crippen LogP contribution >= 0.6 is 11.3 Å². The summed E-state index contributed by atoms with van der Waals surface area (Å²) in [7, 11) is 0. The Morgan fingerprint density at radius 1 is 1.35 bits per heavy atom. The van der Waals surface area contributed by atoms with E-state index in [4.69, 9.17) is 0 Å². The summed E-state index contributed by atoms with van der Waals surface area (Å²) in [5.74, 6) is -0.457. The van der Waals surface area contributed by atoms with Gasteiger partial charge in [0, 0.05) is 40.9 Å². The van der Waals surface area contributed by atoms with E-state index in [1.165, 1.54) is 23.5 Å². The molecule has 0 spiro atoms. The highest BCUT2D eigenvalue weighted by molar-refractivity contribution is 7.14. The first-order valence-corrected chi connectivity index (χ1v) is 9.08. The molecule has 3 aromatic heterocycles. The predicted octanol–water partition coefficient (Wildman–Crippen LogP) is 3.84. The van der Waals surface area contributed by atoms with Crippen LogP contribution in [0.2, 0.25) is 0 Å². The molecule has 5 nitrogen and oxygen atoms in total. The molecule has 1 amide bonds. The van der Waals surface area contributed by atoms with Crippen molar-refractivity contribution in [2.24, 2.45) is 0 Å². The number of nitrogens with one attached hydrogen (secondary N) is 2. The molecular formula is C19H17FN4OS. The van der Waals surface area contributed by atoms with Gasteiger partial charge in [-0.1, -0.05) is 0 Å². The maximum absolute atomic E-state index is 13.4. The summed E-state index contributed by atoms with van der Waals surface area (Å²) in [5, 5.41) is 4.52. The predicted molar refractivity (Wildman–Crippen MR) is 100 cm³/mol. The number of H-pyrrole nitrogens is 1. The molecule has 0 radical (unpaired) electrons. The van der Waals surface area contributed by atoms with Crippen molar-refractivity contribution in [1.82, 2.24) is 19.9 Å². The highest BCUT2D eigenvalue weighted by Gasteiger charge is 2.16. The molecule has 0 unspecified atom stereocenters. The van der Waals surface area contributed by atoms with E-state index in [-0.39, 0.29) is 11.7 Å². The number of nitrogens with zero attached hydrogens (tertiary/aromatic N) is 2. The lowest BCUT2D eigenvalue weighted by atomic mass is 10.1. The number of thiazole rings is 1. The molecule has 0 bridgehead atoms. The third kappa shape index (κ3) is 3.13. The van der Waals surface area contributed by atoms with Crippen molar-refractivity contribution in [3.8, 4) is 5.13 Å². The number of fused-ring (bicyclic) bond motifs is 1. The number of hydrogen-bond acceptors (Lipinski definition) is 3. The zero-order valence-electron chi connectivity index (χ0n) is 14.1. The van der Waals surface area contributed by atoms with Gasteiger partial charge in [-0.15, -0.1) is 11.3 Å². The van der Waals surface area contributed by atoms with E-state index in [0.29, 0.717) is 18.7 Å². The molecule has 2 N–H and O–H groups in total. The molecule has 3 heterocycles. The maximum atomic E-state index is 13.4. The van der Waals surface area contributed by atoms with E-state index in [1.54, 1.807) is 6.07 Å². The lowest BCUT2D eigenvalue weighted by Gasteiger charge is -2.04. The van der Waals surface area contributed by atoms with Crippen molar-refractivity contribution in [3.63, 3.8) is 0 Å². The number of rotatable bonds is 5. The fraction of sp³-hybridized carbons (Fsp3) is 0.158. The first-order valence-electron chi connectivity index (χ1n) is 8.26. The highest BCUT2D eigenvalue weighted by Crippen LogP contribution is 2.22. The molecule has 0 aliphatic carbocycles. The van der Waals surface area contributed by atoms with Gasteiger partial charge in [0.05, 0.1) is 0 Å². The topological polar surface area (TPSA) is 62.7 Å². The summed E-state index contributed by atoms with van der Waals surface area (Å²) in [4.78, 5) is 20.9. The molecule has 26 heavy (non-hydrogen) atoms. The summed E-state index contributed by atoms with van der Waals surface area (Å²) in [5.41, 5.74) is 2.31. The Labute approximate surface area is 153 Å². The smallest absolute Gasteiger partial charge is 0.271 e. The minimum atomic E-state index is -0.266. The molecule has 4 rings (SSSR count). The van der Waals surface area contributed by atoms with Gasteiger partial charge in [0.2, 0.25) is 0 Å². The van der Waals surface area contributed by atoms with E-state index in [9.17, 15) is 9.18 Å². The van der Waals surface area contributed by atoms with Gasteiger partial charge in [0.1, 0.15) is 11.5 Å². The van der Waals surface area contributed by atoms with Gasteiger partial charge in [-0.25, -0.2) is 9.37 Å². The Balaban J connectivity index is 1.43. The molecule has 0 fully saturated rings. The van der Waals surface area contributed by atoms with Crippen LogP contribution in [0.25, 0.3) is 16.0 Å². The molecule has 0 saturated heterocycles. The van der Waals surface area contributed by atoms with Gasteiger partial charge in [0.25, 0.3) is 5.91 Å². The quantitative estimate of drug-likeness (QED) is 0.562. The fourth-order valence-electron chi connectivity index (χ4n) is 2.92. The molecule has 0 saturated carbocycles. The van der Waals surface area contributed by atoms with Crippen LogP contribution in [0.15, 0.2) is 48.9 Å². The molecule has 0 aliphatic heterocycles. The maximum Gasteiger partial charge on any atom is 0.271 e. The van der Waals surface area contributed by atoms with Crippen LogP contribution in [0, 0.1) is 12.7 Å². The summed E-state index contributed by atoms with van der Waals surface area (Å²) in [6.45, 7) is 2.35. The molecule has 132 valence electrons. The minimum Gasteiger partial charge on any atom is -0.361 e. The lowest BCUT2D eigenvalue weighted by Crippen LogP contribution is -2.26. The molecule has 1 aromatic carbocycles. The second-order valence-corrected chi connectivity index (χ2v) is 7.18. The van der Waals surface area contributed by atoms with E-state index in [2.05, 4.69) is 15.3 Å². The average molecular weight is 368 g/mol. The minimum absolute atomic E-state index is 0.192. The van der Waals surface area contributed by atoms with Gasteiger partial charge in [-0.05, 0) is 49.2 Å². The second kappa shape index (κ2) is 6.76. The van der Waals surface area contributed by atoms with Gasteiger partial charge < -0.3 is 14.9 Å². The number of hydrogen-bond donors (Lipinski definition) is 2. The van der Waals surface area contributed by atoms with E-state index in [1.807, 2.05) is 42.2 Å². The zero-order chi connectivity index (χ0) is 18.1. The normalized spacial score (nSPS) is 11.2. The van der Waals surface area contributed by atoms with Crippen molar-refractivity contribution in [2.45, 2.75) is 13.3 Å². The van der Waals surface area contributed by atoms with Gasteiger partial charge in [0.15, 0.2) is 5.13 Å². The van der Waals surface area contributed by atoms with Crippen LogP contribution in [0.1, 0.15) is 20.9 Å². The van der Waals surface area contributed by atoms with Gasteiger partial charge in [-0.2, -0.15) is 0 Å².